The predicted molar refractivity (Wildman–Crippen MR) is 139 cm³/mol. The molecule has 0 amide bonds. The van der Waals surface area contributed by atoms with Crippen molar-refractivity contribution in [2.75, 3.05) is 6.61 Å². The van der Waals surface area contributed by atoms with Gasteiger partial charge < -0.3 is 18.9 Å². The average molecular weight is 533 g/mol. The Balaban J connectivity index is 1.21. The average Bonchev–Trinajstić information content (AvgIpc) is 3.60. The van der Waals surface area contributed by atoms with E-state index in [1.165, 1.54) is 0 Å². The van der Waals surface area contributed by atoms with E-state index in [1.807, 2.05) is 91.0 Å². The Morgan fingerprint density at radius 2 is 1.23 bits per heavy atom. The first-order chi connectivity index (χ1) is 19.1. The van der Waals surface area contributed by atoms with Crippen molar-refractivity contribution in [3.63, 3.8) is 0 Å². The Bertz CT molecular complexity index is 1220. The van der Waals surface area contributed by atoms with Crippen molar-refractivity contribution in [2.24, 2.45) is 0 Å². The molecule has 6 rings (SSSR count). The molecule has 2 saturated heterocycles. The first kappa shape index (κ1) is 26.3. The number of benzene rings is 3. The van der Waals surface area contributed by atoms with Crippen molar-refractivity contribution >= 4 is 0 Å². The molecule has 0 aliphatic carbocycles. The Hall–Kier alpha value is -2.92. The van der Waals surface area contributed by atoms with E-state index in [4.69, 9.17) is 38.2 Å². The van der Waals surface area contributed by atoms with Gasteiger partial charge >= 0.3 is 5.97 Å². The summed E-state index contributed by atoms with van der Waals surface area (Å²) in [6, 6.07) is 29.9. The lowest BCUT2D eigenvalue weighted by Gasteiger charge is -2.28. The second-order valence-electron chi connectivity index (χ2n) is 9.91. The lowest BCUT2D eigenvalue weighted by molar-refractivity contribution is -0.428. The quantitative estimate of drug-likeness (QED) is 0.238. The maximum absolute atomic E-state index is 6.46. The minimum Gasteiger partial charge on any atom is -0.374 e. The van der Waals surface area contributed by atoms with Crippen LogP contribution in [0.3, 0.4) is 0 Å². The Labute approximate surface area is 227 Å². The van der Waals surface area contributed by atoms with Crippen molar-refractivity contribution in [3.8, 4) is 0 Å². The second-order valence-corrected chi connectivity index (χ2v) is 9.91. The summed E-state index contributed by atoms with van der Waals surface area (Å²) in [6.07, 6.45) is 0.960. The fourth-order valence-corrected chi connectivity index (χ4v) is 4.78. The van der Waals surface area contributed by atoms with Crippen LogP contribution in [-0.4, -0.2) is 43.0 Å². The van der Waals surface area contributed by atoms with Crippen LogP contribution in [0.1, 0.15) is 23.6 Å². The highest BCUT2D eigenvalue weighted by atomic mass is 17.3. The molecule has 0 saturated carbocycles. The zero-order chi connectivity index (χ0) is 26.5. The van der Waals surface area contributed by atoms with Crippen molar-refractivity contribution in [1.82, 2.24) is 0 Å². The van der Waals surface area contributed by atoms with Crippen molar-refractivity contribution < 1.29 is 38.2 Å². The van der Waals surface area contributed by atoms with Crippen LogP contribution in [-0.2, 0) is 58.0 Å². The highest BCUT2D eigenvalue weighted by Crippen LogP contribution is 2.44. The van der Waals surface area contributed by atoms with E-state index >= 15 is 0 Å². The molecule has 2 fully saturated rings. The zero-order valence-corrected chi connectivity index (χ0v) is 21.7. The molecule has 0 aromatic heterocycles. The molecular weight excluding hydrogens is 500 g/mol. The third-order valence-corrected chi connectivity index (χ3v) is 6.77. The van der Waals surface area contributed by atoms with Crippen LogP contribution in [0, 0.1) is 0 Å². The highest BCUT2D eigenvalue weighted by Gasteiger charge is 2.59. The molecule has 3 aliphatic heterocycles. The lowest BCUT2D eigenvalue weighted by Crippen LogP contribution is -2.43. The summed E-state index contributed by atoms with van der Waals surface area (Å²) in [4.78, 5) is 10.7. The van der Waals surface area contributed by atoms with Crippen LogP contribution in [0.5, 0.6) is 0 Å². The molecule has 3 aliphatic rings. The summed E-state index contributed by atoms with van der Waals surface area (Å²) in [7, 11) is 0. The minimum atomic E-state index is -1.53. The van der Waals surface area contributed by atoms with Crippen LogP contribution in [0.25, 0.3) is 0 Å². The van der Waals surface area contributed by atoms with Crippen LogP contribution < -0.4 is 0 Å². The molecule has 39 heavy (non-hydrogen) atoms. The summed E-state index contributed by atoms with van der Waals surface area (Å²) in [5.74, 6) is -2.54. The van der Waals surface area contributed by atoms with Gasteiger partial charge in [0.05, 0.1) is 26.4 Å². The van der Waals surface area contributed by atoms with Gasteiger partial charge in [-0.15, -0.1) is 0 Å². The molecule has 0 N–H and O–H groups in total. The predicted octanol–water partition coefficient (Wildman–Crippen LogP) is 5.03. The Morgan fingerprint density at radius 3 is 1.74 bits per heavy atom. The van der Waals surface area contributed by atoms with Gasteiger partial charge in [-0.3, -0.25) is 9.47 Å². The van der Waals surface area contributed by atoms with Crippen LogP contribution in [0.4, 0.5) is 0 Å². The van der Waals surface area contributed by atoms with E-state index in [-0.39, 0.29) is 6.61 Å². The van der Waals surface area contributed by atoms with Crippen molar-refractivity contribution in [1.29, 1.82) is 0 Å². The second kappa shape index (κ2) is 11.7. The van der Waals surface area contributed by atoms with E-state index in [2.05, 4.69) is 0 Å². The van der Waals surface area contributed by atoms with Gasteiger partial charge in [0.1, 0.15) is 18.3 Å². The first-order valence-electron chi connectivity index (χ1n) is 13.1. The smallest absolute Gasteiger partial charge is 0.338 e. The normalized spacial score (nSPS) is 31.2. The largest absolute Gasteiger partial charge is 0.374 e. The van der Waals surface area contributed by atoms with Gasteiger partial charge in [-0.2, -0.15) is 9.78 Å². The highest BCUT2D eigenvalue weighted by molar-refractivity contribution is 5.16. The summed E-state index contributed by atoms with van der Waals surface area (Å²) >= 11 is 0. The molecule has 2 bridgehead atoms. The molecule has 3 aromatic carbocycles. The van der Waals surface area contributed by atoms with E-state index < -0.39 is 36.4 Å². The third kappa shape index (κ3) is 6.30. The van der Waals surface area contributed by atoms with Gasteiger partial charge in [0.25, 0.3) is 0 Å². The fraction of sp³-hybridized carbons (Fsp3) is 0.355. The maximum Gasteiger partial charge on any atom is 0.338 e. The third-order valence-electron chi connectivity index (χ3n) is 6.77. The van der Waals surface area contributed by atoms with Crippen molar-refractivity contribution in [3.05, 3.63) is 120 Å². The SMILES string of the molecule is C[C@@]12C=C[C@@](O[C@@H]3O[C@H](COCc4ccccc4)[C@@H](OCc4ccccc4)[C@@H]3OCc3ccccc3)(OO1)O2. The number of hydrogen-bond acceptors (Lipinski definition) is 8. The van der Waals surface area contributed by atoms with Crippen LogP contribution in [0.15, 0.2) is 103 Å². The van der Waals surface area contributed by atoms with E-state index in [0.29, 0.717) is 19.8 Å². The Morgan fingerprint density at radius 1 is 0.667 bits per heavy atom. The first-order valence-corrected chi connectivity index (χ1v) is 13.1. The number of fused-ring (bicyclic) bond motifs is 2. The topological polar surface area (TPSA) is 73.8 Å². The van der Waals surface area contributed by atoms with Crippen LogP contribution >= 0.6 is 0 Å². The van der Waals surface area contributed by atoms with Crippen molar-refractivity contribution in [2.45, 2.75) is 63.1 Å². The molecular formula is C31H32O8. The zero-order valence-electron chi connectivity index (χ0n) is 21.7. The number of rotatable bonds is 12. The molecule has 204 valence electrons. The standard InChI is InChI=1S/C31H32O8/c1-30-17-18-31(37-30,39-38-30)36-29-28(34-21-25-15-9-4-10-16-25)27(33-20-24-13-7-3-8-14-24)26(35-29)22-32-19-23-11-5-2-6-12-23/h2-18,26-29H,19-22H2,1H3/t26-,27-,28+,29+,30+,31+/m1/s1. The molecule has 3 heterocycles. The van der Waals surface area contributed by atoms with Gasteiger partial charge in [-0.25, -0.2) is 0 Å². The summed E-state index contributed by atoms with van der Waals surface area (Å²) in [5, 5.41) is 0. The Kier molecular flexibility index (Phi) is 7.87. The molecule has 6 atom stereocenters. The molecule has 3 aromatic rings. The monoisotopic (exact) mass is 532 g/mol. The van der Waals surface area contributed by atoms with E-state index in [9.17, 15) is 0 Å². The van der Waals surface area contributed by atoms with Gasteiger partial charge in [0, 0.05) is 6.08 Å². The molecule has 0 radical (unpaired) electrons. The van der Waals surface area contributed by atoms with E-state index in [0.717, 1.165) is 16.7 Å². The van der Waals surface area contributed by atoms with Gasteiger partial charge in [0.15, 0.2) is 6.29 Å². The lowest BCUT2D eigenvalue weighted by atomic mass is 10.1. The molecule has 8 heteroatoms. The van der Waals surface area contributed by atoms with Gasteiger partial charge in [-0.05, 0) is 29.7 Å². The molecule has 0 unspecified atom stereocenters. The summed E-state index contributed by atoms with van der Waals surface area (Å²) in [5.41, 5.74) is 3.13. The molecule has 8 nitrogen and oxygen atoms in total. The minimum absolute atomic E-state index is 0.276. The fourth-order valence-electron chi connectivity index (χ4n) is 4.78. The number of hydrogen-bond donors (Lipinski definition) is 0. The van der Waals surface area contributed by atoms with Gasteiger partial charge in [0.2, 0.25) is 5.79 Å². The number of ether oxygens (including phenoxy) is 6. The maximum atomic E-state index is 6.46. The van der Waals surface area contributed by atoms with Crippen LogP contribution in [0.2, 0.25) is 0 Å². The molecule has 0 spiro atoms. The summed E-state index contributed by atoms with van der Waals surface area (Å²) < 4.78 is 37.5. The van der Waals surface area contributed by atoms with Gasteiger partial charge in [-0.1, -0.05) is 91.0 Å². The van der Waals surface area contributed by atoms with E-state index in [1.54, 1.807) is 19.1 Å². The summed E-state index contributed by atoms with van der Waals surface area (Å²) in [6.45, 7) is 3.18.